The summed E-state index contributed by atoms with van der Waals surface area (Å²) in [5, 5.41) is 14.1. The zero-order valence-electron chi connectivity index (χ0n) is 66.5. The fourth-order valence-electron chi connectivity index (χ4n) is 21.7. The van der Waals surface area contributed by atoms with E-state index in [0.717, 1.165) is 156 Å². The molecule has 118 heavy (non-hydrogen) atoms. The molecule has 0 amide bonds. The highest BCUT2D eigenvalue weighted by molar-refractivity contribution is 6.16. The van der Waals surface area contributed by atoms with Crippen molar-refractivity contribution in [3.8, 4) is 112 Å². The second kappa shape index (κ2) is 23.7. The molecule has 560 valence electrons. The van der Waals surface area contributed by atoms with Gasteiger partial charge in [-0.3, -0.25) is 0 Å². The maximum absolute atomic E-state index is 7.09. The first kappa shape index (κ1) is 67.2. The Labute approximate surface area is 680 Å². The molecule has 0 radical (unpaired) electrons. The van der Waals surface area contributed by atoms with Gasteiger partial charge < -0.3 is 26.5 Å². The van der Waals surface area contributed by atoms with E-state index in [1.165, 1.54) is 110 Å². The van der Waals surface area contributed by atoms with Gasteiger partial charge in [-0.1, -0.05) is 334 Å². The predicted molar refractivity (Wildman–Crippen MR) is 484 cm³/mol. The van der Waals surface area contributed by atoms with Crippen LogP contribution in [-0.2, 0) is 21.7 Å². The van der Waals surface area contributed by atoms with Crippen molar-refractivity contribution in [1.29, 1.82) is 0 Å². The molecule has 6 aromatic heterocycles. The van der Waals surface area contributed by atoms with E-state index in [1.54, 1.807) is 0 Å². The van der Waals surface area contributed by atoms with Crippen molar-refractivity contribution in [2.24, 2.45) is 0 Å². The molecular formula is C112H76O6. The summed E-state index contributed by atoms with van der Waals surface area (Å²) in [7, 11) is 0. The molecule has 4 aliphatic rings. The summed E-state index contributed by atoms with van der Waals surface area (Å²) in [6, 6.07) is 113. The molecule has 16 aromatic carbocycles. The zero-order valence-corrected chi connectivity index (χ0v) is 66.5. The monoisotopic (exact) mass is 1520 g/mol. The van der Waals surface area contributed by atoms with E-state index >= 15 is 0 Å². The highest BCUT2D eigenvalue weighted by atomic mass is 16.4. The highest BCUT2D eigenvalue weighted by Gasteiger charge is 2.49. The lowest BCUT2D eigenvalue weighted by atomic mass is 9.78. The summed E-state index contributed by atoms with van der Waals surface area (Å²) in [5.74, 6) is 3.89. The molecule has 0 aliphatic heterocycles. The molecule has 0 atom stereocenters. The van der Waals surface area contributed by atoms with Gasteiger partial charge in [0.05, 0.1) is 0 Å². The second-order valence-electron chi connectivity index (χ2n) is 35.1. The van der Waals surface area contributed by atoms with E-state index in [2.05, 4.69) is 347 Å². The van der Waals surface area contributed by atoms with Gasteiger partial charge in [0.1, 0.15) is 67.7 Å². The molecule has 0 unspecified atom stereocenters. The van der Waals surface area contributed by atoms with Crippen LogP contribution in [0.25, 0.3) is 221 Å². The van der Waals surface area contributed by atoms with Crippen LogP contribution < -0.4 is 0 Å². The molecular weight excluding hydrogens is 1440 g/mol. The highest BCUT2D eigenvalue weighted by Crippen LogP contribution is 2.64. The molecule has 0 N–H and O–H groups in total. The largest absolute Gasteiger partial charge is 0.455 e. The lowest BCUT2D eigenvalue weighted by molar-refractivity contribution is 0.616. The molecule has 6 heterocycles. The molecule has 22 aromatic rings. The van der Waals surface area contributed by atoms with Gasteiger partial charge in [-0.15, -0.1) is 0 Å². The van der Waals surface area contributed by atoms with Gasteiger partial charge in [-0.05, 0) is 114 Å². The van der Waals surface area contributed by atoms with E-state index in [0.29, 0.717) is 0 Å². The third-order valence-electron chi connectivity index (χ3n) is 27.3. The topological polar surface area (TPSA) is 78.8 Å². The van der Waals surface area contributed by atoms with Gasteiger partial charge in [0, 0.05) is 143 Å². The Balaban J connectivity index is 0.000000132. The fraction of sp³-hybridized carbons (Fsp3) is 0.107. The number of hydrogen-bond donors (Lipinski definition) is 0. The Kier molecular flexibility index (Phi) is 13.5. The predicted octanol–water partition coefficient (Wildman–Crippen LogP) is 31.7. The van der Waals surface area contributed by atoms with Crippen molar-refractivity contribution >= 4 is 109 Å². The van der Waals surface area contributed by atoms with Crippen molar-refractivity contribution in [1.82, 2.24) is 0 Å². The van der Waals surface area contributed by atoms with E-state index in [9.17, 15) is 0 Å². The first-order valence-electron chi connectivity index (χ1n) is 41.2. The maximum atomic E-state index is 7.09. The van der Waals surface area contributed by atoms with Gasteiger partial charge in [-0.25, -0.2) is 0 Å². The normalized spacial score (nSPS) is 14.7. The average Bonchev–Trinajstić information content (AvgIpc) is 1.52. The molecule has 4 aliphatic carbocycles. The Morgan fingerprint density at radius 1 is 0.169 bits per heavy atom. The van der Waals surface area contributed by atoms with Crippen LogP contribution >= 0.6 is 0 Å². The second-order valence-corrected chi connectivity index (χ2v) is 35.1. The van der Waals surface area contributed by atoms with Crippen LogP contribution in [0.2, 0.25) is 0 Å². The standard InChI is InChI=1S/C60H42O2.C52H34O4/c1-59(2)51-33-50-52(34-49(51)57-53(59)47-23-11-21-45(55(47)61-57)39-29-25-37(26-30-39)43-19-9-15-35-13-5-7-17-41(35)43)60(3,4)54-48-24-12-22-46(56(48)62-58(50)54)40-31-27-38(28-32-40)44-20-10-16-36-14-6-8-18-42(36)44;1-51(2)39-25-38-40(26-37(39)49-43(51)35-21-11-19-33(47(35)55-49)31-17-9-15-29-27-13-5-7-23-41(27)53-45(29)31)52(3,4)44-36-22-12-20-34(48(36)56-50(38)44)32-18-10-16-30-28-14-6-8-24-42(28)54-46(30)32/h5-34H,1-4H3;5-26H,1-4H3. The molecule has 26 rings (SSSR count). The maximum Gasteiger partial charge on any atom is 0.143 e. The zero-order chi connectivity index (χ0) is 78.7. The quantitative estimate of drug-likeness (QED) is 0.165. The summed E-state index contributed by atoms with van der Waals surface area (Å²) < 4.78 is 41.3. The molecule has 6 heteroatoms. The van der Waals surface area contributed by atoms with Crippen molar-refractivity contribution in [2.75, 3.05) is 0 Å². The lowest BCUT2D eigenvalue weighted by Gasteiger charge is -2.24. The number of para-hydroxylation sites is 8. The van der Waals surface area contributed by atoms with Crippen molar-refractivity contribution < 1.29 is 26.5 Å². The van der Waals surface area contributed by atoms with Crippen LogP contribution in [0.4, 0.5) is 0 Å². The smallest absolute Gasteiger partial charge is 0.143 e. The van der Waals surface area contributed by atoms with Gasteiger partial charge in [-0.2, -0.15) is 0 Å². The Bertz CT molecular complexity index is 7670. The van der Waals surface area contributed by atoms with E-state index in [-0.39, 0.29) is 21.7 Å². The third-order valence-corrected chi connectivity index (χ3v) is 27.3. The first-order valence-corrected chi connectivity index (χ1v) is 41.2. The number of rotatable bonds is 6. The number of fused-ring (bicyclic) bond motifs is 28. The van der Waals surface area contributed by atoms with Crippen LogP contribution in [-0.4, -0.2) is 0 Å². The molecule has 0 saturated heterocycles. The molecule has 0 spiro atoms. The summed E-state index contributed by atoms with van der Waals surface area (Å²) in [5.41, 5.74) is 34.4. The number of furan rings is 6. The molecule has 6 nitrogen and oxygen atoms in total. The van der Waals surface area contributed by atoms with E-state index in [4.69, 9.17) is 26.5 Å². The molecule has 0 fully saturated rings. The van der Waals surface area contributed by atoms with Crippen molar-refractivity contribution in [2.45, 2.75) is 77.0 Å². The van der Waals surface area contributed by atoms with Crippen LogP contribution in [0.5, 0.6) is 0 Å². The van der Waals surface area contributed by atoms with Crippen molar-refractivity contribution in [3.05, 3.63) is 360 Å². The summed E-state index contributed by atoms with van der Waals surface area (Å²) >= 11 is 0. The Hall–Kier alpha value is -14.2. The van der Waals surface area contributed by atoms with Crippen LogP contribution in [0.3, 0.4) is 0 Å². The Morgan fingerprint density at radius 2 is 0.390 bits per heavy atom. The summed E-state index contributed by atoms with van der Waals surface area (Å²) in [4.78, 5) is 0. The van der Waals surface area contributed by atoms with E-state index < -0.39 is 0 Å². The van der Waals surface area contributed by atoms with Gasteiger partial charge in [0.15, 0.2) is 0 Å². The minimum absolute atomic E-state index is 0.280. The average molecular weight is 1520 g/mol. The summed E-state index contributed by atoms with van der Waals surface area (Å²) in [6.45, 7) is 18.7. The van der Waals surface area contributed by atoms with Gasteiger partial charge in [0.25, 0.3) is 0 Å². The minimum atomic E-state index is -0.310. The lowest BCUT2D eigenvalue weighted by Crippen LogP contribution is -2.17. The summed E-state index contributed by atoms with van der Waals surface area (Å²) in [6.07, 6.45) is 0. The van der Waals surface area contributed by atoms with E-state index in [1.807, 2.05) is 24.3 Å². The van der Waals surface area contributed by atoms with Crippen LogP contribution in [0.15, 0.2) is 342 Å². The number of hydrogen-bond acceptors (Lipinski definition) is 6. The fourth-order valence-corrected chi connectivity index (χ4v) is 21.7. The van der Waals surface area contributed by atoms with Crippen LogP contribution in [0.1, 0.15) is 99.9 Å². The molecule has 0 saturated carbocycles. The minimum Gasteiger partial charge on any atom is -0.455 e. The first-order chi connectivity index (χ1) is 57.5. The van der Waals surface area contributed by atoms with Gasteiger partial charge in [0.2, 0.25) is 0 Å². The third kappa shape index (κ3) is 9.06. The van der Waals surface area contributed by atoms with Gasteiger partial charge >= 0.3 is 0 Å². The van der Waals surface area contributed by atoms with Crippen LogP contribution in [0, 0.1) is 0 Å². The SMILES string of the molecule is CC1(C)c2cc3c(cc2-c2oc4c(-c5ccc(-c6cccc7ccccc67)cc5)cccc4c21)C(C)(C)c1c-3oc2c(-c3ccc(-c4cccc5ccccc45)cc3)cccc12.CC1(C)c2cc3c(cc2-c2oc4c(-c5cccc6c5oc5ccccc56)cccc4c21)C(C)(C)c1c-3oc2c(-c3cccc4c3oc3ccccc34)cccc12. The Morgan fingerprint density at radius 3 is 0.712 bits per heavy atom. The van der Waals surface area contributed by atoms with Crippen molar-refractivity contribution in [3.63, 3.8) is 0 Å². The number of benzene rings is 16. The molecule has 0 bridgehead atoms.